The second kappa shape index (κ2) is 6.30. The number of ether oxygens (including phenoxy) is 1. The number of esters is 1. The topological polar surface area (TPSA) is 55.4 Å². The monoisotopic (exact) mass is 325 g/mol. The Morgan fingerprint density at radius 1 is 1.37 bits per heavy atom. The highest BCUT2D eigenvalue weighted by Gasteiger charge is 2.28. The van der Waals surface area contributed by atoms with Gasteiger partial charge < -0.3 is 10.1 Å². The van der Waals surface area contributed by atoms with Crippen LogP contribution >= 0.6 is 15.9 Å². The van der Waals surface area contributed by atoms with Gasteiger partial charge in [-0.1, -0.05) is 35.0 Å². The molecule has 1 aromatic carbocycles. The summed E-state index contributed by atoms with van der Waals surface area (Å²) in [6.07, 6.45) is 0.769. The van der Waals surface area contributed by atoms with Gasteiger partial charge in [-0.25, -0.2) is 0 Å². The molecule has 1 fully saturated rings. The minimum absolute atomic E-state index is 0.188. The fourth-order valence-electron chi connectivity index (χ4n) is 2.05. The van der Waals surface area contributed by atoms with Crippen molar-refractivity contribution < 1.29 is 14.3 Å². The first-order chi connectivity index (χ1) is 9.06. The van der Waals surface area contributed by atoms with Gasteiger partial charge in [0.2, 0.25) is 0 Å². The van der Waals surface area contributed by atoms with E-state index in [1.165, 1.54) is 0 Å². The van der Waals surface area contributed by atoms with Gasteiger partial charge in [0.25, 0.3) is 0 Å². The fourth-order valence-corrected chi connectivity index (χ4v) is 2.31. The molecule has 0 aliphatic carbocycles. The van der Waals surface area contributed by atoms with Crippen molar-refractivity contribution in [1.82, 2.24) is 5.32 Å². The molecular weight excluding hydrogens is 310 g/mol. The van der Waals surface area contributed by atoms with Gasteiger partial charge in [-0.15, -0.1) is 0 Å². The molecule has 1 unspecified atom stereocenters. The third-order valence-corrected chi connectivity index (χ3v) is 3.68. The molecule has 0 saturated carbocycles. The van der Waals surface area contributed by atoms with Gasteiger partial charge in [0, 0.05) is 10.0 Å². The predicted molar refractivity (Wildman–Crippen MR) is 75.0 cm³/mol. The molecule has 0 aromatic heterocycles. The Bertz CT molecular complexity index is 472. The summed E-state index contributed by atoms with van der Waals surface area (Å²) in [5, 5.41) is 3.09. The molecule has 19 heavy (non-hydrogen) atoms. The number of benzene rings is 1. The molecule has 1 aromatic rings. The molecular formula is C14H16BrNO3. The Labute approximate surface area is 120 Å². The lowest BCUT2D eigenvalue weighted by molar-refractivity contribution is -0.144. The van der Waals surface area contributed by atoms with Crippen LogP contribution in [0.4, 0.5) is 0 Å². The van der Waals surface area contributed by atoms with E-state index in [2.05, 4.69) is 28.2 Å². The Morgan fingerprint density at radius 2 is 2.05 bits per heavy atom. The number of hydrogen-bond donors (Lipinski definition) is 1. The molecule has 0 radical (unpaired) electrons. The maximum Gasteiger partial charge on any atom is 0.323 e. The molecule has 2 rings (SSSR count). The highest BCUT2D eigenvalue weighted by molar-refractivity contribution is 9.10. The largest absolute Gasteiger partial charge is 0.456 e. The van der Waals surface area contributed by atoms with E-state index < -0.39 is 0 Å². The first-order valence-corrected chi connectivity index (χ1v) is 7.04. The summed E-state index contributed by atoms with van der Waals surface area (Å²) < 4.78 is 5.97. The van der Waals surface area contributed by atoms with Crippen LogP contribution in [0, 0.1) is 5.92 Å². The van der Waals surface area contributed by atoms with Crippen LogP contribution < -0.4 is 5.32 Å². The lowest BCUT2D eigenvalue weighted by atomic mass is 10.1. The Morgan fingerprint density at radius 3 is 2.63 bits per heavy atom. The summed E-state index contributed by atoms with van der Waals surface area (Å²) in [7, 11) is 0. The number of Topliss-reactive ketones (excluding diaryl/α,β-unsaturated/α-hetero) is 1. The Hall–Kier alpha value is -1.20. The summed E-state index contributed by atoms with van der Waals surface area (Å²) >= 11 is 3.30. The van der Waals surface area contributed by atoms with Crippen molar-refractivity contribution in [2.45, 2.75) is 19.4 Å². The summed E-state index contributed by atoms with van der Waals surface area (Å²) in [4.78, 5) is 23.6. The second-order valence-electron chi connectivity index (χ2n) is 4.84. The maximum absolute atomic E-state index is 11.8. The summed E-state index contributed by atoms with van der Waals surface area (Å²) in [6.45, 7) is 2.70. The number of ketones is 1. The molecule has 0 amide bonds. The van der Waals surface area contributed by atoms with Crippen LogP contribution in [-0.4, -0.2) is 30.9 Å². The number of carbonyl (C=O) groups excluding carboxylic acids is 2. The zero-order chi connectivity index (χ0) is 13.8. The minimum atomic E-state index is -0.338. The van der Waals surface area contributed by atoms with Crippen LogP contribution in [0.25, 0.3) is 0 Å². The zero-order valence-corrected chi connectivity index (χ0v) is 12.3. The van der Waals surface area contributed by atoms with Gasteiger partial charge in [0.15, 0.2) is 12.4 Å². The van der Waals surface area contributed by atoms with Crippen LogP contribution in [0.2, 0.25) is 0 Å². The minimum Gasteiger partial charge on any atom is -0.456 e. The van der Waals surface area contributed by atoms with Crippen LogP contribution in [0.3, 0.4) is 0 Å². The molecule has 0 bridgehead atoms. The first-order valence-electron chi connectivity index (χ1n) is 6.25. The SMILES string of the molecule is CC1CN[C@H](C(=O)OCC(=O)c2ccc(Br)cc2)C1. The van der Waals surface area contributed by atoms with Gasteiger partial charge in [0.05, 0.1) is 0 Å². The second-order valence-corrected chi connectivity index (χ2v) is 5.76. The van der Waals surface area contributed by atoms with E-state index in [0.29, 0.717) is 11.5 Å². The number of nitrogens with one attached hydrogen (secondary N) is 1. The normalized spacial score (nSPS) is 22.2. The quantitative estimate of drug-likeness (QED) is 0.681. The van der Waals surface area contributed by atoms with Crippen molar-refractivity contribution in [2.24, 2.45) is 5.92 Å². The molecule has 1 aliphatic heterocycles. The molecule has 5 heteroatoms. The molecule has 2 atom stereocenters. The van der Waals surface area contributed by atoms with Crippen LogP contribution in [-0.2, 0) is 9.53 Å². The fraction of sp³-hybridized carbons (Fsp3) is 0.429. The van der Waals surface area contributed by atoms with E-state index >= 15 is 0 Å². The molecule has 1 N–H and O–H groups in total. The highest BCUT2D eigenvalue weighted by Crippen LogP contribution is 2.14. The Balaban J connectivity index is 1.83. The van der Waals surface area contributed by atoms with Crippen molar-refractivity contribution in [3.8, 4) is 0 Å². The molecule has 1 aliphatic rings. The van der Waals surface area contributed by atoms with E-state index in [-0.39, 0.29) is 24.4 Å². The molecule has 1 saturated heterocycles. The van der Waals surface area contributed by atoms with Gasteiger partial charge in [0.1, 0.15) is 6.04 Å². The first kappa shape index (κ1) is 14.2. The van der Waals surface area contributed by atoms with Crippen LogP contribution in [0.5, 0.6) is 0 Å². The van der Waals surface area contributed by atoms with Gasteiger partial charge in [-0.05, 0) is 31.0 Å². The molecule has 1 heterocycles. The molecule has 0 spiro atoms. The highest BCUT2D eigenvalue weighted by atomic mass is 79.9. The third-order valence-electron chi connectivity index (χ3n) is 3.15. The van der Waals surface area contributed by atoms with E-state index in [4.69, 9.17) is 4.74 Å². The summed E-state index contributed by atoms with van der Waals surface area (Å²) in [5.74, 6) is -0.0542. The molecule has 102 valence electrons. The van der Waals surface area contributed by atoms with E-state index in [1.54, 1.807) is 24.3 Å². The third kappa shape index (κ3) is 3.88. The van der Waals surface area contributed by atoms with E-state index in [1.807, 2.05) is 0 Å². The van der Waals surface area contributed by atoms with Gasteiger partial charge in [-0.3, -0.25) is 9.59 Å². The van der Waals surface area contributed by atoms with E-state index in [9.17, 15) is 9.59 Å². The van der Waals surface area contributed by atoms with Crippen LogP contribution in [0.15, 0.2) is 28.7 Å². The van der Waals surface area contributed by atoms with Crippen LogP contribution in [0.1, 0.15) is 23.7 Å². The number of carbonyl (C=O) groups is 2. The standard InChI is InChI=1S/C14H16BrNO3/c1-9-6-12(16-7-9)14(18)19-8-13(17)10-2-4-11(15)5-3-10/h2-5,9,12,16H,6-8H2,1H3/t9?,12-/m0/s1. The van der Waals surface area contributed by atoms with E-state index in [0.717, 1.165) is 17.4 Å². The van der Waals surface area contributed by atoms with Crippen molar-refractivity contribution in [2.75, 3.05) is 13.2 Å². The maximum atomic E-state index is 11.8. The predicted octanol–water partition coefficient (Wildman–Crippen LogP) is 2.17. The van der Waals surface area contributed by atoms with Crippen molar-refractivity contribution in [3.63, 3.8) is 0 Å². The Kier molecular flexibility index (Phi) is 4.71. The van der Waals surface area contributed by atoms with Crippen molar-refractivity contribution in [3.05, 3.63) is 34.3 Å². The van der Waals surface area contributed by atoms with Crippen molar-refractivity contribution >= 4 is 27.7 Å². The lowest BCUT2D eigenvalue weighted by Crippen LogP contribution is -2.33. The average Bonchev–Trinajstić information content (AvgIpc) is 2.83. The zero-order valence-electron chi connectivity index (χ0n) is 10.7. The number of halogens is 1. The van der Waals surface area contributed by atoms with Crippen molar-refractivity contribution in [1.29, 1.82) is 0 Å². The number of rotatable bonds is 4. The number of hydrogen-bond acceptors (Lipinski definition) is 4. The average molecular weight is 326 g/mol. The molecule has 4 nitrogen and oxygen atoms in total. The lowest BCUT2D eigenvalue weighted by Gasteiger charge is -2.09. The smallest absolute Gasteiger partial charge is 0.323 e. The van der Waals surface area contributed by atoms with Gasteiger partial charge in [-0.2, -0.15) is 0 Å². The van der Waals surface area contributed by atoms with Gasteiger partial charge >= 0.3 is 5.97 Å². The summed E-state index contributed by atoms with van der Waals surface area (Å²) in [5.41, 5.74) is 0.545. The summed E-state index contributed by atoms with van der Waals surface area (Å²) in [6, 6.07) is 6.71.